The molecule has 1 fully saturated rings. The summed E-state index contributed by atoms with van der Waals surface area (Å²) in [6.07, 6.45) is 9.21. The minimum Gasteiger partial charge on any atom is -0.384 e. The van der Waals surface area contributed by atoms with E-state index >= 15 is 0 Å². The molecule has 0 N–H and O–H groups in total. The van der Waals surface area contributed by atoms with E-state index in [2.05, 4.69) is 50.6 Å². The van der Waals surface area contributed by atoms with Crippen LogP contribution in [0.1, 0.15) is 65.0 Å². The number of hydrogen-bond donors (Lipinski definition) is 0. The zero-order valence-electron chi connectivity index (χ0n) is 21.7. The number of thiazole rings is 1. The summed E-state index contributed by atoms with van der Waals surface area (Å²) in [5, 5.41) is 1.28. The first-order chi connectivity index (χ1) is 16.0. The van der Waals surface area contributed by atoms with Crippen LogP contribution < -0.4 is 4.90 Å². The van der Waals surface area contributed by atoms with Crippen molar-refractivity contribution in [1.29, 1.82) is 0 Å². The van der Waals surface area contributed by atoms with E-state index in [1.807, 2.05) is 31.1 Å². The van der Waals surface area contributed by atoms with Gasteiger partial charge in [-0.2, -0.15) is 0 Å². The first-order valence-electron chi connectivity index (χ1n) is 12.1. The second-order valence-electron chi connectivity index (χ2n) is 7.87. The summed E-state index contributed by atoms with van der Waals surface area (Å²) in [6, 6.07) is 0. The van der Waals surface area contributed by atoms with E-state index in [9.17, 15) is 0 Å². The third-order valence-corrected chi connectivity index (χ3v) is 7.47. The van der Waals surface area contributed by atoms with Crippen LogP contribution in [0.3, 0.4) is 0 Å². The number of aliphatic imine (C=N–C) groups is 2. The van der Waals surface area contributed by atoms with Crippen molar-refractivity contribution in [3.8, 4) is 0 Å². The summed E-state index contributed by atoms with van der Waals surface area (Å²) in [7, 11) is 1.74. The summed E-state index contributed by atoms with van der Waals surface area (Å²) in [6.45, 7) is 17.8. The van der Waals surface area contributed by atoms with Gasteiger partial charge < -0.3 is 14.4 Å². The topological polar surface area (TPSA) is 59.3 Å². The molecule has 2 rings (SSSR count). The first-order valence-corrected chi connectivity index (χ1v) is 13.8. The molecular formula is C25H44N4O2S2. The average molecular weight is 497 g/mol. The van der Waals surface area contributed by atoms with Gasteiger partial charge in [0, 0.05) is 33.0 Å². The second-order valence-corrected chi connectivity index (χ2v) is 10.3. The summed E-state index contributed by atoms with van der Waals surface area (Å²) >= 11 is 3.55. The SMILES string of the molecule is CC=NC/C=C(/CC)SC(C)/N=C/c1sc(N2CCOCC2)nc1CC.CCC(C)COC. The van der Waals surface area contributed by atoms with Crippen LogP contribution in [0.15, 0.2) is 21.0 Å². The number of hydrogen-bond acceptors (Lipinski definition) is 8. The van der Waals surface area contributed by atoms with Crippen LogP contribution in [0.25, 0.3) is 0 Å². The largest absolute Gasteiger partial charge is 0.384 e. The smallest absolute Gasteiger partial charge is 0.186 e. The Balaban J connectivity index is 0.000000675. The highest BCUT2D eigenvalue weighted by atomic mass is 32.2. The van der Waals surface area contributed by atoms with Crippen LogP contribution in [0.2, 0.25) is 0 Å². The van der Waals surface area contributed by atoms with Gasteiger partial charge in [-0.15, -0.1) is 11.8 Å². The number of morpholine rings is 1. The Kier molecular flexibility index (Phi) is 16.4. The average Bonchev–Trinajstić information content (AvgIpc) is 3.26. The van der Waals surface area contributed by atoms with Gasteiger partial charge in [0.05, 0.1) is 35.7 Å². The molecule has 0 aromatic carbocycles. The van der Waals surface area contributed by atoms with E-state index in [4.69, 9.17) is 19.5 Å². The van der Waals surface area contributed by atoms with Gasteiger partial charge in [0.15, 0.2) is 5.13 Å². The molecule has 0 amide bonds. The van der Waals surface area contributed by atoms with E-state index in [1.165, 1.54) is 16.2 Å². The Morgan fingerprint density at radius 3 is 2.55 bits per heavy atom. The fourth-order valence-electron chi connectivity index (χ4n) is 2.95. The number of aryl methyl sites for hydroxylation is 1. The maximum absolute atomic E-state index is 5.44. The molecule has 1 aliphatic rings. The molecule has 0 bridgehead atoms. The molecule has 6 nitrogen and oxygen atoms in total. The normalized spacial score (nSPS) is 16.8. The molecule has 2 heterocycles. The van der Waals surface area contributed by atoms with Gasteiger partial charge in [-0.05, 0) is 43.7 Å². The van der Waals surface area contributed by atoms with Crippen LogP contribution in [-0.2, 0) is 15.9 Å². The zero-order chi connectivity index (χ0) is 24.5. The van der Waals surface area contributed by atoms with Gasteiger partial charge in [0.1, 0.15) is 0 Å². The first kappa shape index (κ1) is 29.8. The van der Waals surface area contributed by atoms with Gasteiger partial charge in [-0.1, -0.05) is 51.5 Å². The second kappa shape index (κ2) is 18.2. The molecule has 1 aromatic rings. The third kappa shape index (κ3) is 12.2. The molecule has 188 valence electrons. The van der Waals surface area contributed by atoms with Crippen LogP contribution in [0.4, 0.5) is 5.13 Å². The molecular weight excluding hydrogens is 452 g/mol. The highest BCUT2D eigenvalue weighted by Crippen LogP contribution is 2.28. The molecule has 1 aliphatic heterocycles. The van der Waals surface area contributed by atoms with Gasteiger partial charge in [0.2, 0.25) is 0 Å². The minimum atomic E-state index is 0.186. The fraction of sp³-hybridized carbons (Fsp3) is 0.720. The molecule has 8 heteroatoms. The molecule has 2 unspecified atom stereocenters. The third-order valence-electron chi connectivity index (χ3n) is 5.16. The van der Waals surface area contributed by atoms with Crippen molar-refractivity contribution in [3.05, 3.63) is 21.6 Å². The van der Waals surface area contributed by atoms with Crippen LogP contribution in [-0.4, -0.2) is 69.4 Å². The molecule has 0 saturated carbocycles. The number of methoxy groups -OCH3 is 1. The molecule has 33 heavy (non-hydrogen) atoms. The summed E-state index contributed by atoms with van der Waals surface area (Å²) < 4.78 is 10.3. The van der Waals surface area contributed by atoms with E-state index in [0.717, 1.165) is 69.0 Å². The lowest BCUT2D eigenvalue weighted by molar-refractivity contribution is 0.122. The standard InChI is InChI=1S/C19H30N4OS2.C6H14O/c1-5-16(8-9-20-7-3)25-15(4)21-14-18-17(6-2)22-19(26-18)23-10-12-24-13-11-23;1-4-6(2)5-7-3/h7-8,14-15H,5-6,9-13H2,1-4H3;6H,4-5H2,1-3H3/b16-8-,20-7?,21-14+;. The number of rotatable bonds is 12. The Labute approximate surface area is 210 Å². The lowest BCUT2D eigenvalue weighted by atomic mass is 10.1. The molecule has 0 radical (unpaired) electrons. The predicted octanol–water partition coefficient (Wildman–Crippen LogP) is 6.10. The number of nitrogens with zero attached hydrogens (tertiary/aromatic N) is 4. The van der Waals surface area contributed by atoms with Crippen molar-refractivity contribution in [2.75, 3.05) is 51.5 Å². The van der Waals surface area contributed by atoms with Gasteiger partial charge >= 0.3 is 0 Å². The summed E-state index contributed by atoms with van der Waals surface area (Å²) in [4.78, 5) is 18.7. The number of anilines is 1. The van der Waals surface area contributed by atoms with Crippen LogP contribution in [0.5, 0.6) is 0 Å². The molecule has 0 spiro atoms. The van der Waals surface area contributed by atoms with Crippen molar-refractivity contribution in [1.82, 2.24) is 4.98 Å². The maximum Gasteiger partial charge on any atom is 0.186 e. The Bertz CT molecular complexity index is 728. The fourth-order valence-corrected chi connectivity index (χ4v) is 4.94. The van der Waals surface area contributed by atoms with E-state index in [0.29, 0.717) is 0 Å². The zero-order valence-corrected chi connectivity index (χ0v) is 23.3. The van der Waals surface area contributed by atoms with Crippen molar-refractivity contribution >= 4 is 40.7 Å². The van der Waals surface area contributed by atoms with Crippen molar-refractivity contribution < 1.29 is 9.47 Å². The summed E-state index contributed by atoms with van der Waals surface area (Å²) in [5.74, 6) is 0.727. The summed E-state index contributed by atoms with van der Waals surface area (Å²) in [5.41, 5.74) is 1.14. The number of aromatic nitrogens is 1. The highest BCUT2D eigenvalue weighted by Gasteiger charge is 2.17. The number of ether oxygens (including phenoxy) is 2. The quantitative estimate of drug-likeness (QED) is 0.327. The lowest BCUT2D eigenvalue weighted by Crippen LogP contribution is -2.36. The van der Waals surface area contributed by atoms with E-state index in [1.54, 1.807) is 18.4 Å². The van der Waals surface area contributed by atoms with Crippen LogP contribution >= 0.6 is 23.1 Å². The minimum absolute atomic E-state index is 0.186. The molecule has 1 saturated heterocycles. The number of thioether (sulfide) groups is 1. The Morgan fingerprint density at radius 1 is 1.27 bits per heavy atom. The van der Waals surface area contributed by atoms with Crippen molar-refractivity contribution in [3.63, 3.8) is 0 Å². The van der Waals surface area contributed by atoms with E-state index < -0.39 is 0 Å². The molecule has 0 aliphatic carbocycles. The van der Waals surface area contributed by atoms with Crippen molar-refractivity contribution in [2.24, 2.45) is 15.9 Å². The molecule has 2 atom stereocenters. The maximum atomic E-state index is 5.44. The van der Waals surface area contributed by atoms with Gasteiger partial charge in [-0.25, -0.2) is 4.98 Å². The predicted molar refractivity (Wildman–Crippen MR) is 148 cm³/mol. The van der Waals surface area contributed by atoms with Gasteiger partial charge in [-0.3, -0.25) is 9.98 Å². The molecule has 1 aromatic heterocycles. The van der Waals surface area contributed by atoms with Crippen molar-refractivity contribution in [2.45, 2.75) is 66.2 Å². The van der Waals surface area contributed by atoms with Gasteiger partial charge in [0.25, 0.3) is 0 Å². The highest BCUT2D eigenvalue weighted by molar-refractivity contribution is 8.03. The lowest BCUT2D eigenvalue weighted by Gasteiger charge is -2.26. The monoisotopic (exact) mass is 496 g/mol. The van der Waals surface area contributed by atoms with E-state index in [-0.39, 0.29) is 5.37 Å². The Hall–Kier alpha value is -1.22. The van der Waals surface area contributed by atoms with Crippen LogP contribution in [0, 0.1) is 5.92 Å². The Morgan fingerprint density at radius 2 is 2.00 bits per heavy atom. The number of allylic oxidation sites excluding steroid dienone is 1.